The Balaban J connectivity index is 0.000000249. The van der Waals surface area contributed by atoms with E-state index in [0.29, 0.717) is 11.3 Å². The third-order valence-corrected chi connectivity index (χ3v) is 11.3. The van der Waals surface area contributed by atoms with Crippen LogP contribution in [0.4, 0.5) is 4.39 Å². The number of ether oxygens (including phenoxy) is 1. The molecule has 3 atom stereocenters. The van der Waals surface area contributed by atoms with Crippen LogP contribution in [0.2, 0.25) is 0 Å². The highest BCUT2D eigenvalue weighted by molar-refractivity contribution is 8.12. The largest absolute Gasteiger partial charge is 0.453 e. The van der Waals surface area contributed by atoms with Gasteiger partial charge in [-0.2, -0.15) is 0 Å². The number of esters is 1. The molecule has 9 heteroatoms. The number of hydrogen-bond donors (Lipinski definition) is 0. The van der Waals surface area contributed by atoms with Gasteiger partial charge in [0.25, 0.3) is 4.33 Å². The van der Waals surface area contributed by atoms with Crippen molar-refractivity contribution in [3.8, 4) is 5.75 Å². The van der Waals surface area contributed by atoms with Crippen molar-refractivity contribution >= 4 is 40.0 Å². The summed E-state index contributed by atoms with van der Waals surface area (Å²) in [6.45, 7) is 1.42. The summed E-state index contributed by atoms with van der Waals surface area (Å²) in [5.41, 5.74) is 3.32. The Morgan fingerprint density at radius 2 is 1.04 bits per heavy atom. The van der Waals surface area contributed by atoms with Crippen LogP contribution in [0.1, 0.15) is 41.2 Å². The van der Waals surface area contributed by atoms with Crippen molar-refractivity contribution in [2.45, 2.75) is 28.2 Å². The molecule has 6 aromatic carbocycles. The highest BCUT2D eigenvalue weighted by Crippen LogP contribution is 2.49. The van der Waals surface area contributed by atoms with E-state index < -0.39 is 20.1 Å². The van der Waals surface area contributed by atoms with Crippen molar-refractivity contribution in [2.24, 2.45) is 0 Å². The Morgan fingerprint density at radius 3 is 1.54 bits per heavy atom. The topological polar surface area (TPSA) is 78.9 Å². The average molecular weight is 759 g/mol. The van der Waals surface area contributed by atoms with Gasteiger partial charge in [-0.15, -0.1) is 4.33 Å². The summed E-state index contributed by atoms with van der Waals surface area (Å²) in [5.74, 6) is -1.19. The maximum atomic E-state index is 17.1. The molecular weight excluding hydrogens is 720 g/mol. The monoisotopic (exact) mass is 758 g/mol. The summed E-state index contributed by atoms with van der Waals surface area (Å²) in [6, 6.07) is 53.5. The van der Waals surface area contributed by atoms with Crippen molar-refractivity contribution < 1.29 is 31.6 Å². The fraction of sp³-hybridized carbons (Fsp3) is 0.0889. The number of para-hydroxylation sites is 1. The Morgan fingerprint density at radius 1 is 0.611 bits per heavy atom. The van der Waals surface area contributed by atoms with E-state index in [1.165, 1.54) is 19.1 Å². The lowest BCUT2D eigenvalue weighted by Gasteiger charge is -2.30. The van der Waals surface area contributed by atoms with Crippen LogP contribution in [0.3, 0.4) is 0 Å². The van der Waals surface area contributed by atoms with E-state index in [2.05, 4.69) is 0 Å². The SMILES string of the molecule is CC(=O)OC(/C=C/c1ccccc1)c1ccccc1.O=S(=O)(c1ccccc1)C(F)(SOOc1ccccc1)C(/C=C/c1ccccc1)c1ccccc1. The van der Waals surface area contributed by atoms with Crippen molar-refractivity contribution in [1.29, 1.82) is 0 Å². The van der Waals surface area contributed by atoms with Crippen LogP contribution in [-0.2, 0) is 23.7 Å². The Kier molecular flexibility index (Phi) is 14.6. The fourth-order valence-corrected chi connectivity index (χ4v) is 7.90. The van der Waals surface area contributed by atoms with Gasteiger partial charge >= 0.3 is 5.97 Å². The van der Waals surface area contributed by atoms with Crippen molar-refractivity contribution in [3.63, 3.8) is 0 Å². The zero-order chi connectivity index (χ0) is 38.1. The highest BCUT2D eigenvalue weighted by Gasteiger charge is 2.54. The predicted octanol–water partition coefficient (Wildman–Crippen LogP) is 11.2. The molecule has 0 bridgehead atoms. The first kappa shape index (κ1) is 39.5. The molecule has 0 amide bonds. The first-order chi connectivity index (χ1) is 26.3. The molecule has 0 radical (unpaired) electrons. The summed E-state index contributed by atoms with van der Waals surface area (Å²) in [6.07, 6.45) is 6.75. The number of rotatable bonds is 14. The number of alkyl halides is 1. The molecule has 54 heavy (non-hydrogen) atoms. The van der Waals surface area contributed by atoms with E-state index in [-0.39, 0.29) is 29.0 Å². The Hall–Kier alpha value is -5.74. The molecule has 6 nitrogen and oxygen atoms in total. The molecule has 0 aliphatic carbocycles. The van der Waals surface area contributed by atoms with E-state index in [1.54, 1.807) is 91.0 Å². The molecule has 0 aromatic heterocycles. The summed E-state index contributed by atoms with van der Waals surface area (Å²) in [4.78, 5) is 16.2. The van der Waals surface area contributed by atoms with Gasteiger partial charge in [-0.3, -0.25) is 4.79 Å². The molecular formula is C45H39FO6S2. The zero-order valence-corrected chi connectivity index (χ0v) is 31.1. The van der Waals surface area contributed by atoms with E-state index >= 15 is 4.39 Å². The second-order valence-corrected chi connectivity index (χ2v) is 15.0. The van der Waals surface area contributed by atoms with Gasteiger partial charge in [-0.1, -0.05) is 176 Å². The summed E-state index contributed by atoms with van der Waals surface area (Å²) in [5, 5.41) is 0. The summed E-state index contributed by atoms with van der Waals surface area (Å²) in [7, 11) is -4.57. The van der Waals surface area contributed by atoms with Crippen LogP contribution in [0, 0.1) is 0 Å². The lowest BCUT2D eigenvalue weighted by Crippen LogP contribution is -2.37. The van der Waals surface area contributed by atoms with Gasteiger partial charge in [0.2, 0.25) is 9.84 Å². The third kappa shape index (κ3) is 11.1. The van der Waals surface area contributed by atoms with Crippen LogP contribution in [0.25, 0.3) is 12.2 Å². The molecule has 0 aliphatic rings. The van der Waals surface area contributed by atoms with Gasteiger partial charge < -0.3 is 9.62 Å². The van der Waals surface area contributed by atoms with Crippen LogP contribution >= 0.6 is 12.0 Å². The second-order valence-electron chi connectivity index (χ2n) is 11.8. The summed E-state index contributed by atoms with van der Waals surface area (Å²) < 4.78 is 52.2. The molecule has 0 heterocycles. The minimum Gasteiger partial charge on any atom is -0.453 e. The molecule has 0 aliphatic heterocycles. The first-order valence-electron chi connectivity index (χ1n) is 17.1. The van der Waals surface area contributed by atoms with E-state index in [4.69, 9.17) is 14.0 Å². The lowest BCUT2D eigenvalue weighted by atomic mass is 9.98. The van der Waals surface area contributed by atoms with Crippen LogP contribution < -0.4 is 4.89 Å². The zero-order valence-electron chi connectivity index (χ0n) is 29.4. The quantitative estimate of drug-likeness (QED) is 0.0473. The Labute approximate surface area is 320 Å². The number of halogens is 1. The molecule has 6 aromatic rings. The third-order valence-electron chi connectivity index (χ3n) is 7.94. The van der Waals surface area contributed by atoms with E-state index in [0.717, 1.165) is 16.7 Å². The maximum absolute atomic E-state index is 17.1. The van der Waals surface area contributed by atoms with Gasteiger partial charge in [-0.05, 0) is 52.6 Å². The van der Waals surface area contributed by atoms with Crippen molar-refractivity contribution in [2.75, 3.05) is 0 Å². The molecule has 0 saturated heterocycles. The molecule has 0 saturated carbocycles. The first-order valence-corrected chi connectivity index (χ1v) is 19.3. The fourth-order valence-electron chi connectivity index (χ4n) is 5.26. The smallest absolute Gasteiger partial charge is 0.303 e. The maximum Gasteiger partial charge on any atom is 0.303 e. The minimum atomic E-state index is -4.57. The van der Waals surface area contributed by atoms with E-state index in [1.807, 2.05) is 103 Å². The number of benzene rings is 6. The van der Waals surface area contributed by atoms with Crippen LogP contribution in [-0.4, -0.2) is 18.7 Å². The number of hydrogen-bond acceptors (Lipinski definition) is 7. The Bertz CT molecular complexity index is 2170. The van der Waals surface area contributed by atoms with Crippen molar-refractivity contribution in [3.05, 3.63) is 216 Å². The van der Waals surface area contributed by atoms with Gasteiger partial charge in [0, 0.05) is 6.92 Å². The number of allylic oxidation sites excluding steroid dienone is 1. The minimum absolute atomic E-state index is 0.130. The van der Waals surface area contributed by atoms with Crippen LogP contribution in [0.5, 0.6) is 5.75 Å². The summed E-state index contributed by atoms with van der Waals surface area (Å²) >= 11 is 0.130. The molecule has 0 spiro atoms. The van der Waals surface area contributed by atoms with Gasteiger partial charge in [0.15, 0.2) is 5.75 Å². The van der Waals surface area contributed by atoms with Gasteiger partial charge in [0.05, 0.1) is 10.8 Å². The molecule has 3 unspecified atom stereocenters. The number of carbonyl (C=O) groups is 1. The molecule has 0 fully saturated rings. The molecule has 274 valence electrons. The lowest BCUT2D eigenvalue weighted by molar-refractivity contribution is -0.144. The van der Waals surface area contributed by atoms with Gasteiger partial charge in [-0.25, -0.2) is 12.8 Å². The van der Waals surface area contributed by atoms with Gasteiger partial charge in [0.1, 0.15) is 18.1 Å². The van der Waals surface area contributed by atoms with E-state index in [9.17, 15) is 13.2 Å². The van der Waals surface area contributed by atoms with Crippen molar-refractivity contribution in [1.82, 2.24) is 0 Å². The molecule has 6 rings (SSSR count). The highest BCUT2D eigenvalue weighted by atomic mass is 32.3. The number of sulfone groups is 1. The predicted molar refractivity (Wildman–Crippen MR) is 214 cm³/mol. The second kappa shape index (κ2) is 19.9. The average Bonchev–Trinajstić information content (AvgIpc) is 3.22. The number of carbonyl (C=O) groups excluding carboxylic acids is 1. The standard InChI is InChI=1S/C28H23FO4S2.C17H16O2/c29-28(34-33-32-25-17-9-3-10-18-25,35(30,31)26-19-11-4-12-20-26)27(24-15-7-2-8-16-24)22-21-23-13-5-1-6-14-23;1-14(18)19-17(16-10-6-3-7-11-16)13-12-15-8-4-2-5-9-15/h1-22,27H;2-13,17H,1H3/b22-21+;13-12+. The normalized spacial score (nSPS) is 13.6. The van der Waals surface area contributed by atoms with Crippen LogP contribution in [0.15, 0.2) is 199 Å². The molecule has 0 N–H and O–H groups in total.